The third-order valence-corrected chi connectivity index (χ3v) is 4.05. The molecule has 2 amide bonds. The van der Waals surface area contributed by atoms with Gasteiger partial charge in [-0.05, 0) is 33.6 Å². The molecule has 1 aliphatic heterocycles. The van der Waals surface area contributed by atoms with Crippen LogP contribution in [0, 0.1) is 0 Å². The molecule has 0 N–H and O–H groups in total. The van der Waals surface area contributed by atoms with Crippen LogP contribution in [0.3, 0.4) is 0 Å². The minimum Gasteiger partial charge on any atom is -0.444 e. The summed E-state index contributed by atoms with van der Waals surface area (Å²) in [6, 6.07) is -0.464. The van der Waals surface area contributed by atoms with Crippen molar-refractivity contribution in [2.24, 2.45) is 0 Å². The summed E-state index contributed by atoms with van der Waals surface area (Å²) < 4.78 is 5.38. The molecule has 1 aliphatic rings. The van der Waals surface area contributed by atoms with Crippen molar-refractivity contribution < 1.29 is 14.3 Å². The van der Waals surface area contributed by atoms with Crippen molar-refractivity contribution in [1.29, 1.82) is 0 Å². The van der Waals surface area contributed by atoms with E-state index >= 15 is 0 Å². The molecule has 7 heteroatoms. The van der Waals surface area contributed by atoms with E-state index in [1.54, 1.807) is 13.2 Å². The lowest BCUT2D eigenvalue weighted by atomic mass is 10.2. The van der Waals surface area contributed by atoms with Crippen LogP contribution in [-0.4, -0.2) is 47.1 Å². The number of aromatic nitrogens is 1. The molecule has 2 heterocycles. The third kappa shape index (κ3) is 3.72. The number of likely N-dealkylation sites (N-methyl/N-ethyl adjacent to an activating group) is 1. The van der Waals surface area contributed by atoms with E-state index in [1.165, 1.54) is 21.1 Å². The number of hydrogen-bond acceptors (Lipinski definition) is 5. The largest absolute Gasteiger partial charge is 0.444 e. The Labute approximate surface area is 128 Å². The highest BCUT2D eigenvalue weighted by molar-refractivity contribution is 7.13. The molecule has 0 spiro atoms. The number of ether oxygens (including phenoxy) is 1. The van der Waals surface area contributed by atoms with Gasteiger partial charge in [-0.15, -0.1) is 11.3 Å². The number of amides is 2. The zero-order valence-corrected chi connectivity index (χ0v) is 13.6. The molecule has 2 rings (SSSR count). The lowest BCUT2D eigenvalue weighted by Crippen LogP contribution is -2.48. The van der Waals surface area contributed by atoms with Crippen molar-refractivity contribution >= 4 is 28.5 Å². The van der Waals surface area contributed by atoms with Crippen LogP contribution in [0.2, 0.25) is 0 Å². The van der Waals surface area contributed by atoms with E-state index in [4.69, 9.17) is 4.74 Å². The minimum atomic E-state index is -0.561. The second-order valence-corrected chi connectivity index (χ2v) is 6.92. The second kappa shape index (κ2) is 6.01. The summed E-state index contributed by atoms with van der Waals surface area (Å²) in [6.45, 7) is 6.01. The number of carbonyl (C=O) groups excluding carboxylic acids is 2. The van der Waals surface area contributed by atoms with Crippen molar-refractivity contribution in [3.05, 3.63) is 11.6 Å². The Morgan fingerprint density at radius 1 is 1.48 bits per heavy atom. The highest BCUT2D eigenvalue weighted by Crippen LogP contribution is 2.25. The number of thiazole rings is 1. The van der Waals surface area contributed by atoms with Crippen LogP contribution in [0.5, 0.6) is 0 Å². The molecule has 0 saturated carbocycles. The number of rotatable bonds is 2. The van der Waals surface area contributed by atoms with E-state index in [0.29, 0.717) is 18.1 Å². The quantitative estimate of drug-likeness (QED) is 0.842. The van der Waals surface area contributed by atoms with Gasteiger partial charge in [0.25, 0.3) is 5.91 Å². The summed E-state index contributed by atoms with van der Waals surface area (Å²) in [5.41, 5.74) is -0.561. The molecule has 21 heavy (non-hydrogen) atoms. The summed E-state index contributed by atoms with van der Waals surface area (Å²) in [5, 5.41) is 2.45. The fraction of sp³-hybridized carbons (Fsp3) is 0.643. The molecule has 1 fully saturated rings. The Morgan fingerprint density at radius 2 is 2.19 bits per heavy atom. The first-order valence-corrected chi connectivity index (χ1v) is 7.84. The van der Waals surface area contributed by atoms with Gasteiger partial charge in [-0.2, -0.15) is 0 Å². The lowest BCUT2D eigenvalue weighted by molar-refractivity contribution is -0.122. The SMILES string of the molecule is CN(C(=O)[C@@H]1CCCN1C(=O)OC(C)(C)C)c1nccs1. The van der Waals surface area contributed by atoms with E-state index in [1.807, 2.05) is 26.2 Å². The molecule has 1 atom stereocenters. The molecule has 0 aliphatic carbocycles. The molecular formula is C14H21N3O3S. The van der Waals surface area contributed by atoms with Crippen molar-refractivity contribution in [3.63, 3.8) is 0 Å². The Hall–Kier alpha value is -1.63. The smallest absolute Gasteiger partial charge is 0.410 e. The van der Waals surface area contributed by atoms with Crippen molar-refractivity contribution in [2.45, 2.75) is 45.3 Å². The molecule has 6 nitrogen and oxygen atoms in total. The van der Waals surface area contributed by atoms with Gasteiger partial charge in [0, 0.05) is 25.2 Å². The lowest BCUT2D eigenvalue weighted by Gasteiger charge is -2.29. The maximum Gasteiger partial charge on any atom is 0.410 e. The van der Waals surface area contributed by atoms with Crippen LogP contribution < -0.4 is 4.90 Å². The first-order valence-electron chi connectivity index (χ1n) is 6.96. The first kappa shape index (κ1) is 15.8. The second-order valence-electron chi connectivity index (χ2n) is 6.04. The number of anilines is 1. The van der Waals surface area contributed by atoms with Gasteiger partial charge in [0.15, 0.2) is 5.13 Å². The summed E-state index contributed by atoms with van der Waals surface area (Å²) in [6.07, 6.45) is 2.70. The van der Waals surface area contributed by atoms with E-state index in [2.05, 4.69) is 4.98 Å². The third-order valence-electron chi connectivity index (χ3n) is 3.20. The highest BCUT2D eigenvalue weighted by Gasteiger charge is 2.38. The molecular weight excluding hydrogens is 290 g/mol. The van der Waals surface area contributed by atoms with Gasteiger partial charge in [-0.1, -0.05) is 0 Å². The average Bonchev–Trinajstić information content (AvgIpc) is 3.05. The predicted octanol–water partition coefficient (Wildman–Crippen LogP) is 2.51. The van der Waals surface area contributed by atoms with E-state index in [0.717, 1.165) is 6.42 Å². The number of carbonyl (C=O) groups is 2. The molecule has 1 aromatic rings. The van der Waals surface area contributed by atoms with Gasteiger partial charge in [-0.25, -0.2) is 9.78 Å². The number of hydrogen-bond donors (Lipinski definition) is 0. The highest BCUT2D eigenvalue weighted by atomic mass is 32.1. The standard InChI is InChI=1S/C14H21N3O3S/c1-14(2,3)20-13(19)17-8-5-6-10(17)11(18)16(4)12-15-7-9-21-12/h7,9-10H,5-6,8H2,1-4H3/t10-/m0/s1. The van der Waals surface area contributed by atoms with Gasteiger partial charge in [-0.3, -0.25) is 14.6 Å². The number of nitrogens with zero attached hydrogens (tertiary/aromatic N) is 3. The normalized spacial score (nSPS) is 18.7. The van der Waals surface area contributed by atoms with Gasteiger partial charge in [0.2, 0.25) is 0 Å². The summed E-state index contributed by atoms with van der Waals surface area (Å²) >= 11 is 1.40. The Morgan fingerprint density at radius 3 is 2.76 bits per heavy atom. The van der Waals surface area contributed by atoms with Crippen molar-refractivity contribution in [3.8, 4) is 0 Å². The zero-order chi connectivity index (χ0) is 15.6. The Kier molecular flexibility index (Phi) is 4.51. The monoisotopic (exact) mass is 311 g/mol. The summed E-state index contributed by atoms with van der Waals surface area (Å²) in [5.74, 6) is -0.117. The van der Waals surface area contributed by atoms with Crippen LogP contribution in [0.4, 0.5) is 9.93 Å². The van der Waals surface area contributed by atoms with E-state index in [-0.39, 0.29) is 5.91 Å². The van der Waals surface area contributed by atoms with Crippen LogP contribution in [0.25, 0.3) is 0 Å². The van der Waals surface area contributed by atoms with Crippen LogP contribution in [0.1, 0.15) is 33.6 Å². The average molecular weight is 311 g/mol. The Balaban J connectivity index is 2.08. The molecule has 0 bridgehead atoms. The van der Waals surface area contributed by atoms with Gasteiger partial charge in [0.1, 0.15) is 11.6 Å². The molecule has 116 valence electrons. The van der Waals surface area contributed by atoms with Gasteiger partial charge >= 0.3 is 6.09 Å². The molecule has 1 aromatic heterocycles. The topological polar surface area (TPSA) is 62.7 Å². The first-order chi connectivity index (χ1) is 9.79. The molecule has 0 radical (unpaired) electrons. The maximum absolute atomic E-state index is 12.6. The van der Waals surface area contributed by atoms with E-state index < -0.39 is 17.7 Å². The molecule has 0 unspecified atom stereocenters. The summed E-state index contributed by atoms with van der Waals surface area (Å²) in [7, 11) is 1.69. The predicted molar refractivity (Wildman–Crippen MR) is 81.5 cm³/mol. The maximum atomic E-state index is 12.6. The minimum absolute atomic E-state index is 0.117. The summed E-state index contributed by atoms with van der Waals surface area (Å²) in [4.78, 5) is 31.9. The van der Waals surface area contributed by atoms with Crippen molar-refractivity contribution in [1.82, 2.24) is 9.88 Å². The van der Waals surface area contributed by atoms with Gasteiger partial charge in [0.05, 0.1) is 0 Å². The molecule has 1 saturated heterocycles. The number of likely N-dealkylation sites (tertiary alicyclic amines) is 1. The van der Waals surface area contributed by atoms with Crippen LogP contribution >= 0.6 is 11.3 Å². The van der Waals surface area contributed by atoms with Gasteiger partial charge < -0.3 is 4.74 Å². The fourth-order valence-corrected chi connectivity index (χ4v) is 2.88. The van der Waals surface area contributed by atoms with Crippen LogP contribution in [0.15, 0.2) is 11.6 Å². The van der Waals surface area contributed by atoms with Crippen molar-refractivity contribution in [2.75, 3.05) is 18.5 Å². The fourth-order valence-electron chi connectivity index (χ4n) is 2.26. The zero-order valence-electron chi connectivity index (χ0n) is 12.8. The van der Waals surface area contributed by atoms with Crippen LogP contribution in [-0.2, 0) is 9.53 Å². The molecule has 0 aromatic carbocycles. The van der Waals surface area contributed by atoms with E-state index in [9.17, 15) is 9.59 Å². The Bertz CT molecular complexity index is 510.